The largest absolute Gasteiger partial charge is 0.504 e. The number of amides is 1. The SMILES string of the molecule is Cc1nc2c(s1)C(Nc1c(Nc3ccnc(C(=O)N(C)C(C)C)c3O)c(=O)c1=O)C(C)(C)CC2. The molecule has 0 bridgehead atoms. The van der Waals surface area contributed by atoms with Crippen molar-refractivity contribution in [3.8, 4) is 5.75 Å². The predicted molar refractivity (Wildman–Crippen MR) is 133 cm³/mol. The summed E-state index contributed by atoms with van der Waals surface area (Å²) in [7, 11) is 1.62. The number of aromatic hydroxyl groups is 1. The van der Waals surface area contributed by atoms with Crippen molar-refractivity contribution in [2.24, 2.45) is 5.41 Å². The average Bonchev–Trinajstić information content (AvgIpc) is 3.17. The summed E-state index contributed by atoms with van der Waals surface area (Å²) in [5.74, 6) is -0.825. The number of rotatable bonds is 6. The van der Waals surface area contributed by atoms with E-state index < -0.39 is 16.8 Å². The topological polar surface area (TPSA) is 125 Å². The number of anilines is 3. The molecule has 0 spiro atoms. The van der Waals surface area contributed by atoms with Gasteiger partial charge in [0.25, 0.3) is 16.8 Å². The fraction of sp³-hybridized carbons (Fsp3) is 0.458. The highest BCUT2D eigenvalue weighted by molar-refractivity contribution is 7.11. The summed E-state index contributed by atoms with van der Waals surface area (Å²) < 4.78 is 0. The highest BCUT2D eigenvalue weighted by Gasteiger charge is 2.40. The number of nitrogens with zero attached hydrogens (tertiary/aromatic N) is 3. The molecule has 1 unspecified atom stereocenters. The van der Waals surface area contributed by atoms with Crippen molar-refractivity contribution in [3.63, 3.8) is 0 Å². The Morgan fingerprint density at radius 3 is 2.62 bits per heavy atom. The van der Waals surface area contributed by atoms with Crippen LogP contribution >= 0.6 is 11.3 Å². The molecule has 4 rings (SSSR count). The van der Waals surface area contributed by atoms with Gasteiger partial charge in [0, 0.05) is 19.3 Å². The van der Waals surface area contributed by atoms with Crippen LogP contribution in [-0.2, 0) is 6.42 Å². The lowest BCUT2D eigenvalue weighted by Crippen LogP contribution is -2.41. The molecule has 0 aliphatic heterocycles. The minimum absolute atomic E-state index is 0.0614. The Kier molecular flexibility index (Phi) is 5.97. The molecule has 0 fully saturated rings. The maximum Gasteiger partial charge on any atom is 0.276 e. The number of fused-ring (bicyclic) bond motifs is 1. The molecule has 2 aromatic heterocycles. The summed E-state index contributed by atoms with van der Waals surface area (Å²) >= 11 is 1.59. The van der Waals surface area contributed by atoms with Crippen LogP contribution in [0.4, 0.5) is 17.1 Å². The molecule has 1 atom stereocenters. The van der Waals surface area contributed by atoms with Gasteiger partial charge in [0.05, 0.1) is 27.3 Å². The van der Waals surface area contributed by atoms with E-state index in [1.54, 1.807) is 18.4 Å². The summed E-state index contributed by atoms with van der Waals surface area (Å²) in [6.45, 7) is 9.90. The zero-order valence-electron chi connectivity index (χ0n) is 20.1. The van der Waals surface area contributed by atoms with E-state index in [0.29, 0.717) is 0 Å². The molecule has 1 amide bonds. The van der Waals surface area contributed by atoms with E-state index in [1.807, 2.05) is 20.8 Å². The Morgan fingerprint density at radius 1 is 1.26 bits per heavy atom. The highest BCUT2D eigenvalue weighted by atomic mass is 32.1. The molecular weight excluding hydrogens is 454 g/mol. The third-order valence-electron chi connectivity index (χ3n) is 6.56. The van der Waals surface area contributed by atoms with Gasteiger partial charge in [0.15, 0.2) is 11.4 Å². The van der Waals surface area contributed by atoms with E-state index in [1.165, 1.54) is 17.2 Å². The van der Waals surface area contributed by atoms with E-state index in [0.717, 1.165) is 28.4 Å². The molecule has 1 aliphatic rings. The number of carbonyl (C=O) groups is 1. The first-order chi connectivity index (χ1) is 15.9. The maximum atomic E-state index is 12.7. The molecule has 34 heavy (non-hydrogen) atoms. The summed E-state index contributed by atoms with van der Waals surface area (Å²) in [5, 5.41) is 17.8. The van der Waals surface area contributed by atoms with E-state index in [-0.39, 0.29) is 46.0 Å². The number of thiazole rings is 1. The van der Waals surface area contributed by atoms with E-state index in [2.05, 4.69) is 34.4 Å². The molecule has 10 heteroatoms. The molecule has 1 aromatic carbocycles. The zero-order chi connectivity index (χ0) is 24.9. The first-order valence-electron chi connectivity index (χ1n) is 11.2. The maximum absolute atomic E-state index is 12.7. The van der Waals surface area contributed by atoms with Crippen molar-refractivity contribution < 1.29 is 9.90 Å². The second-order valence-electron chi connectivity index (χ2n) is 9.71. The Hall–Kier alpha value is -3.27. The Morgan fingerprint density at radius 2 is 1.94 bits per heavy atom. The molecule has 0 saturated carbocycles. The fourth-order valence-corrected chi connectivity index (χ4v) is 5.37. The quantitative estimate of drug-likeness (QED) is 0.455. The Labute approximate surface area is 201 Å². The van der Waals surface area contributed by atoms with E-state index in [4.69, 9.17) is 0 Å². The highest BCUT2D eigenvalue weighted by Crippen LogP contribution is 2.47. The van der Waals surface area contributed by atoms with Crippen LogP contribution in [0.25, 0.3) is 0 Å². The second-order valence-corrected chi connectivity index (χ2v) is 10.9. The van der Waals surface area contributed by atoms with Gasteiger partial charge in [-0.3, -0.25) is 14.4 Å². The number of aromatic nitrogens is 2. The van der Waals surface area contributed by atoms with Crippen LogP contribution in [0.1, 0.15) is 66.2 Å². The first-order valence-corrected chi connectivity index (χ1v) is 12.0. The fourth-order valence-electron chi connectivity index (χ4n) is 4.13. The van der Waals surface area contributed by atoms with Crippen molar-refractivity contribution in [2.45, 2.75) is 59.5 Å². The number of pyridine rings is 1. The van der Waals surface area contributed by atoms with Crippen LogP contribution in [0, 0.1) is 12.3 Å². The van der Waals surface area contributed by atoms with Crippen LogP contribution in [0.2, 0.25) is 0 Å². The molecule has 180 valence electrons. The number of hydrogen-bond donors (Lipinski definition) is 3. The normalized spacial score (nSPS) is 17.0. The van der Waals surface area contributed by atoms with Gasteiger partial charge in [0.1, 0.15) is 11.4 Å². The molecule has 0 radical (unpaired) electrons. The molecule has 3 aromatic rings. The van der Waals surface area contributed by atoms with Gasteiger partial charge in [-0.2, -0.15) is 0 Å². The van der Waals surface area contributed by atoms with Crippen molar-refractivity contribution in [2.75, 3.05) is 17.7 Å². The van der Waals surface area contributed by atoms with Gasteiger partial charge in [-0.15, -0.1) is 11.3 Å². The summed E-state index contributed by atoms with van der Waals surface area (Å²) in [4.78, 5) is 48.8. The lowest BCUT2D eigenvalue weighted by Gasteiger charge is -2.39. The van der Waals surface area contributed by atoms with Gasteiger partial charge in [-0.25, -0.2) is 9.97 Å². The van der Waals surface area contributed by atoms with Crippen LogP contribution < -0.4 is 21.5 Å². The first kappa shape index (κ1) is 23.9. The molecule has 2 heterocycles. The number of aryl methyl sites for hydroxylation is 2. The van der Waals surface area contributed by atoms with Crippen LogP contribution in [0.15, 0.2) is 21.9 Å². The van der Waals surface area contributed by atoms with Gasteiger partial charge in [-0.05, 0) is 45.1 Å². The van der Waals surface area contributed by atoms with Crippen molar-refractivity contribution >= 4 is 34.3 Å². The molecular formula is C24H29N5O4S. The monoisotopic (exact) mass is 483 g/mol. The molecule has 3 N–H and O–H groups in total. The van der Waals surface area contributed by atoms with E-state index in [9.17, 15) is 19.5 Å². The van der Waals surface area contributed by atoms with Gasteiger partial charge in [-0.1, -0.05) is 13.8 Å². The average molecular weight is 484 g/mol. The zero-order valence-corrected chi connectivity index (χ0v) is 21.0. The van der Waals surface area contributed by atoms with Crippen LogP contribution in [0.3, 0.4) is 0 Å². The number of hydrogen-bond acceptors (Lipinski definition) is 9. The lowest BCUT2D eigenvalue weighted by molar-refractivity contribution is 0.0746. The lowest BCUT2D eigenvalue weighted by atomic mass is 9.74. The predicted octanol–water partition coefficient (Wildman–Crippen LogP) is 3.50. The van der Waals surface area contributed by atoms with Gasteiger partial charge >= 0.3 is 0 Å². The number of carbonyl (C=O) groups excluding carboxylic acids is 1. The summed E-state index contributed by atoms with van der Waals surface area (Å²) in [6, 6.07) is 1.18. The van der Waals surface area contributed by atoms with Crippen molar-refractivity contribution in [1.29, 1.82) is 0 Å². The third-order valence-corrected chi connectivity index (χ3v) is 7.64. The smallest absolute Gasteiger partial charge is 0.276 e. The standard InChI is InChI=1S/C24H29N5O4S/c1-11(2)29(6)23(33)17-18(30)13(8-10-25-17)27-15-16(20(32)19(15)31)28-22-21-14(26-12(3)34-21)7-9-24(22,4)5/h8,10-11,22,28,30H,7,9H2,1-6H3,(H,25,27). The van der Waals surface area contributed by atoms with Gasteiger partial charge in [0.2, 0.25) is 0 Å². The van der Waals surface area contributed by atoms with E-state index >= 15 is 0 Å². The van der Waals surface area contributed by atoms with Crippen molar-refractivity contribution in [3.05, 3.63) is 54.0 Å². The van der Waals surface area contributed by atoms with Gasteiger partial charge < -0.3 is 20.6 Å². The Bertz CT molecular complexity index is 1340. The van der Waals surface area contributed by atoms with Crippen LogP contribution in [0.5, 0.6) is 5.75 Å². The Balaban J connectivity index is 1.66. The second kappa shape index (κ2) is 8.50. The molecule has 1 aliphatic carbocycles. The number of nitrogens with one attached hydrogen (secondary N) is 2. The summed E-state index contributed by atoms with van der Waals surface area (Å²) in [6.07, 6.45) is 3.13. The van der Waals surface area contributed by atoms with Crippen molar-refractivity contribution in [1.82, 2.24) is 14.9 Å². The molecule has 0 saturated heterocycles. The summed E-state index contributed by atoms with van der Waals surface area (Å²) in [5.41, 5.74) is -0.205. The minimum atomic E-state index is -0.680. The van der Waals surface area contributed by atoms with Crippen LogP contribution in [-0.4, -0.2) is 39.0 Å². The molecule has 9 nitrogen and oxygen atoms in total. The minimum Gasteiger partial charge on any atom is -0.504 e. The third kappa shape index (κ3) is 3.96.